The van der Waals surface area contributed by atoms with Crippen LogP contribution in [0.5, 0.6) is 0 Å². The molecule has 0 fully saturated rings. The minimum Gasteiger partial charge on any atom is -0.466 e. The SMILES string of the molecule is CCCC/C=C\C/C=C\CCCCCCCC(=O)OCCCCCCCCCCCCC/C=C\C/C=C\CCCCCCCCCCCCCCCCCCCC(=O)NC(CO)C(O)CCCCCCCCCCCCCC. The number of allylic oxidation sites excluding steroid dienone is 8. The highest BCUT2D eigenvalue weighted by Crippen LogP contribution is 2.18. The molecule has 0 aromatic rings. The van der Waals surface area contributed by atoms with Gasteiger partial charge in [0.2, 0.25) is 5.91 Å². The summed E-state index contributed by atoms with van der Waals surface area (Å²) >= 11 is 0. The number of rotatable bonds is 65. The van der Waals surface area contributed by atoms with Gasteiger partial charge in [-0.25, -0.2) is 0 Å². The van der Waals surface area contributed by atoms with Crippen LogP contribution in [0.1, 0.15) is 373 Å². The summed E-state index contributed by atoms with van der Waals surface area (Å²) in [5.41, 5.74) is 0. The fourth-order valence-corrected chi connectivity index (χ4v) is 10.7. The lowest BCUT2D eigenvalue weighted by Gasteiger charge is -2.22. The van der Waals surface area contributed by atoms with Crippen LogP contribution in [0.25, 0.3) is 0 Å². The molecule has 2 atom stereocenters. The lowest BCUT2D eigenvalue weighted by molar-refractivity contribution is -0.143. The van der Waals surface area contributed by atoms with Crippen LogP contribution in [0, 0.1) is 0 Å². The zero-order valence-corrected chi connectivity index (χ0v) is 52.4. The minimum absolute atomic E-state index is 0.00201. The monoisotopic (exact) mass is 1090 g/mol. The van der Waals surface area contributed by atoms with Crippen molar-refractivity contribution in [3.05, 3.63) is 48.6 Å². The van der Waals surface area contributed by atoms with E-state index >= 15 is 0 Å². The topological polar surface area (TPSA) is 95.9 Å². The molecular formula is C72H135NO5. The number of hydrogen-bond donors (Lipinski definition) is 3. The van der Waals surface area contributed by atoms with Crippen molar-refractivity contribution >= 4 is 11.9 Å². The number of aliphatic hydroxyl groups is 2. The van der Waals surface area contributed by atoms with E-state index in [1.54, 1.807) is 0 Å². The standard InChI is InChI=1S/C72H135NO5/c1-3-5-7-9-11-13-15-17-42-46-50-54-58-62-66-72(77)78-67-63-59-55-51-47-43-40-38-36-34-32-30-28-26-24-22-20-18-19-21-23-25-27-29-31-33-35-37-39-41-45-49-53-57-61-65-71(76)73-69(68-74)70(75)64-60-56-52-48-44-16-14-12-10-8-6-4-2/h9,11,15,17,20,22,26,28,69-70,74-75H,3-8,10,12-14,16,18-19,21,23-25,27,29-68H2,1-2H3,(H,73,76)/b11-9-,17-15-,22-20-,28-26-. The van der Waals surface area contributed by atoms with Gasteiger partial charge >= 0.3 is 5.97 Å². The lowest BCUT2D eigenvalue weighted by atomic mass is 10.0. The van der Waals surface area contributed by atoms with Gasteiger partial charge in [-0.3, -0.25) is 9.59 Å². The molecule has 6 heteroatoms. The van der Waals surface area contributed by atoms with Gasteiger partial charge in [-0.1, -0.05) is 326 Å². The third-order valence-electron chi connectivity index (χ3n) is 16.1. The van der Waals surface area contributed by atoms with E-state index in [4.69, 9.17) is 4.74 Å². The van der Waals surface area contributed by atoms with Gasteiger partial charge < -0.3 is 20.3 Å². The quantitative estimate of drug-likeness (QED) is 0.0320. The molecule has 0 aliphatic rings. The number of esters is 1. The van der Waals surface area contributed by atoms with Gasteiger partial charge in [0.1, 0.15) is 0 Å². The summed E-state index contributed by atoms with van der Waals surface area (Å²) in [6, 6.07) is -0.539. The second-order valence-electron chi connectivity index (χ2n) is 23.9. The van der Waals surface area contributed by atoms with Crippen molar-refractivity contribution in [2.75, 3.05) is 13.2 Å². The van der Waals surface area contributed by atoms with E-state index in [0.717, 1.165) is 57.8 Å². The van der Waals surface area contributed by atoms with Crippen molar-refractivity contribution < 1.29 is 24.5 Å². The Kier molecular flexibility index (Phi) is 65.4. The smallest absolute Gasteiger partial charge is 0.305 e. The van der Waals surface area contributed by atoms with Crippen LogP contribution in [0.4, 0.5) is 0 Å². The van der Waals surface area contributed by atoms with E-state index in [1.807, 2.05) is 0 Å². The summed E-state index contributed by atoms with van der Waals surface area (Å²) in [4.78, 5) is 24.5. The van der Waals surface area contributed by atoms with Crippen LogP contribution < -0.4 is 5.32 Å². The predicted octanol–water partition coefficient (Wildman–Crippen LogP) is 22.5. The van der Waals surface area contributed by atoms with Gasteiger partial charge in [-0.05, 0) is 83.5 Å². The highest BCUT2D eigenvalue weighted by Gasteiger charge is 2.20. The molecule has 6 nitrogen and oxygen atoms in total. The third kappa shape index (κ3) is 63.0. The molecule has 2 unspecified atom stereocenters. The van der Waals surface area contributed by atoms with E-state index in [-0.39, 0.29) is 18.5 Å². The summed E-state index contributed by atoms with van der Waals surface area (Å²) in [6.07, 6.45) is 87.4. The molecule has 458 valence electrons. The Labute approximate surface area is 486 Å². The van der Waals surface area contributed by atoms with Gasteiger partial charge in [-0.2, -0.15) is 0 Å². The van der Waals surface area contributed by atoms with E-state index < -0.39 is 12.1 Å². The first-order valence-electron chi connectivity index (χ1n) is 34.9. The first-order chi connectivity index (χ1) is 38.5. The van der Waals surface area contributed by atoms with Crippen LogP contribution >= 0.6 is 0 Å². The average Bonchev–Trinajstić information content (AvgIpc) is 3.44. The van der Waals surface area contributed by atoms with Gasteiger partial charge in [0.15, 0.2) is 0 Å². The van der Waals surface area contributed by atoms with Crippen molar-refractivity contribution in [2.45, 2.75) is 386 Å². The van der Waals surface area contributed by atoms with E-state index in [0.29, 0.717) is 25.9 Å². The van der Waals surface area contributed by atoms with Crippen LogP contribution in [-0.2, 0) is 14.3 Å². The van der Waals surface area contributed by atoms with Crippen LogP contribution in [0.3, 0.4) is 0 Å². The normalized spacial score (nSPS) is 12.8. The predicted molar refractivity (Wildman–Crippen MR) is 342 cm³/mol. The Morgan fingerprint density at radius 1 is 0.359 bits per heavy atom. The molecule has 0 aromatic carbocycles. The number of carbonyl (C=O) groups excluding carboxylic acids is 2. The molecule has 0 heterocycles. The number of unbranched alkanes of at least 4 members (excludes halogenated alkanes) is 46. The largest absolute Gasteiger partial charge is 0.466 e. The number of carbonyl (C=O) groups is 2. The van der Waals surface area contributed by atoms with Crippen LogP contribution in [-0.4, -0.2) is 47.4 Å². The molecule has 0 saturated heterocycles. The highest BCUT2D eigenvalue weighted by molar-refractivity contribution is 5.76. The Bertz CT molecular complexity index is 1310. The van der Waals surface area contributed by atoms with Crippen molar-refractivity contribution in [1.29, 1.82) is 0 Å². The van der Waals surface area contributed by atoms with E-state index in [9.17, 15) is 19.8 Å². The van der Waals surface area contributed by atoms with Gasteiger partial charge in [0.05, 0.1) is 25.4 Å². The first kappa shape index (κ1) is 75.8. The molecule has 0 aliphatic heterocycles. The molecule has 3 N–H and O–H groups in total. The molecular weight excluding hydrogens is 959 g/mol. The van der Waals surface area contributed by atoms with Crippen molar-refractivity contribution in [3.8, 4) is 0 Å². The molecule has 0 aliphatic carbocycles. The van der Waals surface area contributed by atoms with Crippen LogP contribution in [0.2, 0.25) is 0 Å². The average molecular weight is 1090 g/mol. The maximum atomic E-state index is 12.5. The Balaban J connectivity index is 3.36. The molecule has 1 amide bonds. The molecule has 0 bridgehead atoms. The maximum Gasteiger partial charge on any atom is 0.305 e. The summed E-state index contributed by atoms with van der Waals surface area (Å²) < 4.78 is 5.48. The van der Waals surface area contributed by atoms with Crippen molar-refractivity contribution in [1.82, 2.24) is 5.32 Å². The number of amides is 1. The fourth-order valence-electron chi connectivity index (χ4n) is 10.7. The molecule has 78 heavy (non-hydrogen) atoms. The van der Waals surface area contributed by atoms with Gasteiger partial charge in [0.25, 0.3) is 0 Å². The molecule has 0 saturated carbocycles. The van der Waals surface area contributed by atoms with E-state index in [1.165, 1.54) is 283 Å². The molecule has 0 radical (unpaired) electrons. The summed E-state index contributed by atoms with van der Waals surface area (Å²) in [6.45, 7) is 4.92. The minimum atomic E-state index is -0.662. The van der Waals surface area contributed by atoms with Gasteiger partial charge in [-0.15, -0.1) is 0 Å². The molecule has 0 spiro atoms. The van der Waals surface area contributed by atoms with E-state index in [2.05, 4.69) is 67.8 Å². The highest BCUT2D eigenvalue weighted by atomic mass is 16.5. The van der Waals surface area contributed by atoms with Crippen LogP contribution in [0.15, 0.2) is 48.6 Å². The zero-order valence-electron chi connectivity index (χ0n) is 52.4. The van der Waals surface area contributed by atoms with Crippen molar-refractivity contribution in [3.63, 3.8) is 0 Å². The maximum absolute atomic E-state index is 12.5. The Hall–Kier alpha value is -2.18. The number of nitrogens with one attached hydrogen (secondary N) is 1. The Morgan fingerprint density at radius 2 is 0.654 bits per heavy atom. The number of aliphatic hydroxyl groups excluding tert-OH is 2. The second-order valence-corrected chi connectivity index (χ2v) is 23.9. The second kappa shape index (κ2) is 67.3. The molecule has 0 aromatic heterocycles. The first-order valence-corrected chi connectivity index (χ1v) is 34.9. The zero-order chi connectivity index (χ0) is 56.4. The number of hydrogen-bond acceptors (Lipinski definition) is 5. The van der Waals surface area contributed by atoms with Gasteiger partial charge in [0, 0.05) is 12.8 Å². The summed E-state index contributed by atoms with van der Waals surface area (Å²) in [5.74, 6) is -0.0299. The van der Waals surface area contributed by atoms with Crippen molar-refractivity contribution in [2.24, 2.45) is 0 Å². The fraction of sp³-hybridized carbons (Fsp3) is 0.861. The third-order valence-corrected chi connectivity index (χ3v) is 16.1. The lowest BCUT2D eigenvalue weighted by Crippen LogP contribution is -2.45. The molecule has 0 rings (SSSR count). The summed E-state index contributed by atoms with van der Waals surface area (Å²) in [5, 5.41) is 23.3. The summed E-state index contributed by atoms with van der Waals surface area (Å²) in [7, 11) is 0. The Morgan fingerprint density at radius 3 is 1.01 bits per heavy atom. The number of ether oxygens (including phenoxy) is 1.